The average molecular weight is 278 g/mol. The fourth-order valence-corrected chi connectivity index (χ4v) is 2.72. The summed E-state index contributed by atoms with van der Waals surface area (Å²) in [7, 11) is -2.01. The first-order valence-electron chi connectivity index (χ1n) is 4.50. The maximum Gasteiger partial charge on any atom is 0.227 e. The van der Waals surface area contributed by atoms with Crippen LogP contribution in [0.1, 0.15) is 10.1 Å². The van der Waals surface area contributed by atoms with Crippen molar-refractivity contribution in [1.82, 2.24) is 4.72 Å². The second kappa shape index (κ2) is 5.81. The molecule has 16 heavy (non-hydrogen) atoms. The first-order chi connectivity index (χ1) is 7.51. The molecule has 2 N–H and O–H groups in total. The molecule has 1 aromatic rings. The molecular formula is C9H14N2O2S3. The van der Waals surface area contributed by atoms with Gasteiger partial charge in [-0.15, -0.1) is 0 Å². The zero-order valence-corrected chi connectivity index (χ0v) is 11.5. The number of benzene rings is 1. The number of thiol groups is 1. The first kappa shape index (κ1) is 13.7. The Morgan fingerprint density at radius 2 is 1.88 bits per heavy atom. The van der Waals surface area contributed by atoms with Crippen LogP contribution in [0.2, 0.25) is 0 Å². The van der Waals surface area contributed by atoms with Crippen molar-refractivity contribution in [3.8, 4) is 0 Å². The van der Waals surface area contributed by atoms with E-state index in [0.717, 1.165) is 5.69 Å². The minimum absolute atomic E-state index is 0.643. The lowest BCUT2D eigenvalue weighted by Gasteiger charge is -2.12. The van der Waals surface area contributed by atoms with Crippen LogP contribution in [0.5, 0.6) is 0 Å². The second-order valence-electron chi connectivity index (χ2n) is 3.03. The summed E-state index contributed by atoms with van der Waals surface area (Å²) in [6.07, 6.45) is 1.92. The molecule has 0 aromatic heterocycles. The van der Waals surface area contributed by atoms with E-state index in [4.69, 9.17) is 0 Å². The summed E-state index contributed by atoms with van der Waals surface area (Å²) in [5, 5.41) is 0. The predicted octanol–water partition coefficient (Wildman–Crippen LogP) is 1.85. The maximum atomic E-state index is 11.5. The quantitative estimate of drug-likeness (QED) is 0.568. The third-order valence-electron chi connectivity index (χ3n) is 1.99. The SMILES string of the molecule is CNS(=O)(=O)C(S)c1ccc(NSC)cc1. The molecule has 0 heterocycles. The van der Waals surface area contributed by atoms with Crippen LogP contribution in [0, 0.1) is 0 Å². The Morgan fingerprint density at radius 3 is 2.31 bits per heavy atom. The Morgan fingerprint density at radius 1 is 1.31 bits per heavy atom. The fraction of sp³-hybridized carbons (Fsp3) is 0.333. The van der Waals surface area contributed by atoms with Crippen molar-refractivity contribution >= 4 is 40.3 Å². The highest BCUT2D eigenvalue weighted by atomic mass is 32.3. The van der Waals surface area contributed by atoms with E-state index in [2.05, 4.69) is 22.1 Å². The Balaban J connectivity index is 2.90. The number of nitrogens with one attached hydrogen (secondary N) is 2. The largest absolute Gasteiger partial charge is 0.330 e. The van der Waals surface area contributed by atoms with Crippen molar-refractivity contribution in [3.05, 3.63) is 29.8 Å². The van der Waals surface area contributed by atoms with Crippen LogP contribution in [0.4, 0.5) is 5.69 Å². The van der Waals surface area contributed by atoms with Gasteiger partial charge in [0, 0.05) is 11.9 Å². The molecule has 0 aliphatic rings. The number of sulfonamides is 1. The van der Waals surface area contributed by atoms with Gasteiger partial charge in [-0.05, 0) is 24.7 Å². The van der Waals surface area contributed by atoms with Gasteiger partial charge in [-0.2, -0.15) is 12.6 Å². The van der Waals surface area contributed by atoms with E-state index in [-0.39, 0.29) is 0 Å². The lowest BCUT2D eigenvalue weighted by molar-refractivity contribution is 0.586. The van der Waals surface area contributed by atoms with Crippen molar-refractivity contribution in [3.63, 3.8) is 0 Å². The Labute approximate surface area is 106 Å². The third-order valence-corrected chi connectivity index (χ3v) is 4.99. The van der Waals surface area contributed by atoms with E-state index < -0.39 is 14.6 Å². The molecule has 0 radical (unpaired) electrons. The molecule has 0 aliphatic heterocycles. The number of anilines is 1. The van der Waals surface area contributed by atoms with E-state index >= 15 is 0 Å². The van der Waals surface area contributed by atoms with Crippen molar-refractivity contribution in [2.75, 3.05) is 18.0 Å². The third kappa shape index (κ3) is 3.31. The molecule has 1 atom stereocenters. The first-order valence-corrected chi connectivity index (χ1v) is 7.79. The van der Waals surface area contributed by atoms with Crippen LogP contribution in [0.25, 0.3) is 0 Å². The Hall–Kier alpha value is -0.370. The minimum atomic E-state index is -3.39. The highest BCUT2D eigenvalue weighted by Gasteiger charge is 2.21. The van der Waals surface area contributed by atoms with Gasteiger partial charge < -0.3 is 4.72 Å². The highest BCUT2D eigenvalue weighted by molar-refractivity contribution is 8.03. The van der Waals surface area contributed by atoms with Gasteiger partial charge in [0.2, 0.25) is 10.0 Å². The summed E-state index contributed by atoms with van der Waals surface area (Å²) >= 11 is 5.57. The van der Waals surface area contributed by atoms with Gasteiger partial charge in [-0.25, -0.2) is 13.1 Å². The monoisotopic (exact) mass is 278 g/mol. The maximum absolute atomic E-state index is 11.5. The Kier molecular flexibility index (Phi) is 4.97. The van der Waals surface area contributed by atoms with Crippen LogP contribution in [0.3, 0.4) is 0 Å². The van der Waals surface area contributed by atoms with E-state index in [9.17, 15) is 8.42 Å². The molecule has 0 aliphatic carbocycles. The van der Waals surface area contributed by atoms with Gasteiger partial charge in [0.05, 0.1) is 0 Å². The normalized spacial score (nSPS) is 13.4. The minimum Gasteiger partial charge on any atom is -0.330 e. The lowest BCUT2D eigenvalue weighted by atomic mass is 10.2. The number of hydrogen-bond donors (Lipinski definition) is 3. The molecule has 1 rings (SSSR count). The van der Waals surface area contributed by atoms with Crippen LogP contribution in [0.15, 0.2) is 24.3 Å². The Bertz CT molecular complexity index is 431. The average Bonchev–Trinajstić information content (AvgIpc) is 2.29. The molecule has 1 unspecified atom stereocenters. The zero-order chi connectivity index (χ0) is 12.2. The van der Waals surface area contributed by atoms with Crippen molar-refractivity contribution in [2.24, 2.45) is 0 Å². The van der Waals surface area contributed by atoms with Crippen LogP contribution >= 0.6 is 24.6 Å². The van der Waals surface area contributed by atoms with Crippen LogP contribution < -0.4 is 9.44 Å². The molecule has 0 saturated heterocycles. The smallest absolute Gasteiger partial charge is 0.227 e. The molecule has 0 amide bonds. The van der Waals surface area contributed by atoms with E-state index in [0.29, 0.717) is 5.56 Å². The summed E-state index contributed by atoms with van der Waals surface area (Å²) < 4.78 is 27.5. The van der Waals surface area contributed by atoms with Gasteiger partial charge in [0.1, 0.15) is 4.58 Å². The molecule has 4 nitrogen and oxygen atoms in total. The molecule has 0 bridgehead atoms. The molecule has 0 spiro atoms. The van der Waals surface area contributed by atoms with Crippen LogP contribution in [-0.2, 0) is 10.0 Å². The summed E-state index contributed by atoms with van der Waals surface area (Å²) in [6, 6.07) is 7.12. The van der Waals surface area contributed by atoms with E-state index in [1.54, 1.807) is 12.1 Å². The standard InChI is InChI=1S/C9H14N2O2S3/c1-10-16(12,13)9(14)7-3-5-8(6-4-7)11-15-2/h3-6,9-11,14H,1-2H3. The fourth-order valence-electron chi connectivity index (χ4n) is 1.12. The van der Waals surface area contributed by atoms with E-state index in [1.807, 2.05) is 18.4 Å². The van der Waals surface area contributed by atoms with Crippen molar-refractivity contribution in [1.29, 1.82) is 0 Å². The molecular weight excluding hydrogens is 264 g/mol. The van der Waals surface area contributed by atoms with Gasteiger partial charge >= 0.3 is 0 Å². The highest BCUT2D eigenvalue weighted by Crippen LogP contribution is 2.26. The molecule has 0 saturated carbocycles. The van der Waals surface area contributed by atoms with Gasteiger partial charge in [-0.3, -0.25) is 0 Å². The molecule has 0 fully saturated rings. The van der Waals surface area contributed by atoms with Crippen molar-refractivity contribution in [2.45, 2.75) is 4.58 Å². The zero-order valence-electron chi connectivity index (χ0n) is 8.97. The molecule has 1 aromatic carbocycles. The van der Waals surface area contributed by atoms with Crippen molar-refractivity contribution < 1.29 is 8.42 Å². The van der Waals surface area contributed by atoms with Gasteiger partial charge in [0.25, 0.3) is 0 Å². The lowest BCUT2D eigenvalue weighted by Crippen LogP contribution is -2.22. The van der Waals surface area contributed by atoms with E-state index in [1.165, 1.54) is 19.0 Å². The van der Waals surface area contributed by atoms with Crippen LogP contribution in [-0.4, -0.2) is 21.7 Å². The van der Waals surface area contributed by atoms with Gasteiger partial charge in [0.15, 0.2) is 0 Å². The summed E-state index contributed by atoms with van der Waals surface area (Å²) in [5.41, 5.74) is 1.57. The van der Waals surface area contributed by atoms with Gasteiger partial charge in [-0.1, -0.05) is 24.1 Å². The molecule has 90 valence electrons. The second-order valence-corrected chi connectivity index (χ2v) is 6.48. The molecule has 7 heteroatoms. The topological polar surface area (TPSA) is 58.2 Å². The summed E-state index contributed by atoms with van der Waals surface area (Å²) in [6.45, 7) is 0. The summed E-state index contributed by atoms with van der Waals surface area (Å²) in [5.74, 6) is 0. The predicted molar refractivity (Wildman–Crippen MR) is 73.3 cm³/mol. The number of hydrogen-bond acceptors (Lipinski definition) is 5. The number of rotatable bonds is 5. The summed E-state index contributed by atoms with van der Waals surface area (Å²) in [4.78, 5) is 0.